The van der Waals surface area contributed by atoms with Gasteiger partial charge in [0.05, 0.1) is 6.54 Å². The van der Waals surface area contributed by atoms with Crippen molar-refractivity contribution < 1.29 is 4.79 Å². The van der Waals surface area contributed by atoms with Crippen LogP contribution >= 0.6 is 0 Å². The molecule has 0 aliphatic heterocycles. The van der Waals surface area contributed by atoms with E-state index in [9.17, 15) is 4.79 Å². The molecule has 0 aliphatic rings. The second-order valence-electron chi connectivity index (χ2n) is 3.31. The van der Waals surface area contributed by atoms with Gasteiger partial charge in [0.15, 0.2) is 0 Å². The minimum Gasteiger partial charge on any atom is -0.349 e. The summed E-state index contributed by atoms with van der Waals surface area (Å²) in [7, 11) is 0. The Bertz CT molecular complexity index is 178. The van der Waals surface area contributed by atoms with Gasteiger partial charge in [0.25, 0.3) is 0 Å². The van der Waals surface area contributed by atoms with Gasteiger partial charge in [-0.3, -0.25) is 4.79 Å². The summed E-state index contributed by atoms with van der Waals surface area (Å²) in [5.41, 5.74) is 6.20. The summed E-state index contributed by atoms with van der Waals surface area (Å²) in [5.74, 6) is -0.107. The first-order chi connectivity index (χ1) is 6.11. The predicted octanol–water partition coefficient (Wildman–Crippen LogP) is 1.20. The van der Waals surface area contributed by atoms with Crippen LogP contribution in [0.5, 0.6) is 0 Å². The predicted molar refractivity (Wildman–Crippen MR) is 55.3 cm³/mol. The number of carbonyl (C=O) groups is 1. The van der Waals surface area contributed by atoms with Crippen molar-refractivity contribution in [3.8, 4) is 0 Å². The molecule has 0 saturated heterocycles. The van der Waals surface area contributed by atoms with E-state index >= 15 is 0 Å². The highest BCUT2D eigenvalue weighted by Gasteiger charge is 2.10. The number of carbonyl (C=O) groups excluding carboxylic acids is 1. The van der Waals surface area contributed by atoms with Crippen molar-refractivity contribution in [3.05, 3.63) is 12.2 Å². The molecule has 76 valence electrons. The van der Waals surface area contributed by atoms with Gasteiger partial charge in [0.1, 0.15) is 0 Å². The first-order valence-electron chi connectivity index (χ1n) is 4.76. The van der Waals surface area contributed by atoms with E-state index in [1.54, 1.807) is 0 Å². The van der Waals surface area contributed by atoms with Gasteiger partial charge in [-0.2, -0.15) is 0 Å². The maximum atomic E-state index is 11.0. The van der Waals surface area contributed by atoms with Crippen LogP contribution in [0.25, 0.3) is 0 Å². The van der Waals surface area contributed by atoms with Gasteiger partial charge in [-0.25, -0.2) is 0 Å². The molecule has 0 radical (unpaired) electrons. The number of amides is 1. The molecule has 1 unspecified atom stereocenters. The highest BCUT2D eigenvalue weighted by atomic mass is 16.1. The SMILES string of the molecule is C=C(C)C(CCCC)NC(=O)CN. The van der Waals surface area contributed by atoms with Gasteiger partial charge in [-0.05, 0) is 13.3 Å². The van der Waals surface area contributed by atoms with Gasteiger partial charge in [-0.15, -0.1) is 0 Å². The number of hydrogen-bond donors (Lipinski definition) is 2. The van der Waals surface area contributed by atoms with Crippen molar-refractivity contribution in [2.75, 3.05) is 6.54 Å². The first-order valence-corrected chi connectivity index (χ1v) is 4.76. The summed E-state index contributed by atoms with van der Waals surface area (Å²) in [4.78, 5) is 11.0. The van der Waals surface area contributed by atoms with Crippen LogP contribution in [-0.4, -0.2) is 18.5 Å². The number of unbranched alkanes of at least 4 members (excludes halogenated alkanes) is 1. The van der Waals surface area contributed by atoms with Gasteiger partial charge in [0, 0.05) is 6.04 Å². The lowest BCUT2D eigenvalue weighted by Crippen LogP contribution is -2.39. The molecule has 1 amide bonds. The fraction of sp³-hybridized carbons (Fsp3) is 0.700. The van der Waals surface area contributed by atoms with E-state index < -0.39 is 0 Å². The summed E-state index contributed by atoms with van der Waals surface area (Å²) in [5, 5.41) is 2.84. The van der Waals surface area contributed by atoms with Gasteiger partial charge >= 0.3 is 0 Å². The molecule has 0 fully saturated rings. The van der Waals surface area contributed by atoms with Crippen LogP contribution < -0.4 is 11.1 Å². The van der Waals surface area contributed by atoms with Crippen LogP contribution in [0.4, 0.5) is 0 Å². The highest BCUT2D eigenvalue weighted by Crippen LogP contribution is 2.07. The zero-order chi connectivity index (χ0) is 10.3. The molecule has 1 atom stereocenters. The fourth-order valence-electron chi connectivity index (χ4n) is 1.10. The van der Waals surface area contributed by atoms with Crippen LogP contribution in [0.15, 0.2) is 12.2 Å². The third kappa shape index (κ3) is 5.42. The molecule has 0 bridgehead atoms. The van der Waals surface area contributed by atoms with Crippen LogP contribution in [0.2, 0.25) is 0 Å². The quantitative estimate of drug-likeness (QED) is 0.609. The monoisotopic (exact) mass is 184 g/mol. The lowest BCUT2D eigenvalue weighted by molar-refractivity contribution is -0.120. The Morgan fingerprint density at radius 3 is 2.62 bits per heavy atom. The first kappa shape index (κ1) is 12.2. The van der Waals surface area contributed by atoms with E-state index in [1.165, 1.54) is 0 Å². The largest absolute Gasteiger partial charge is 0.349 e. The van der Waals surface area contributed by atoms with E-state index in [0.29, 0.717) is 0 Å². The third-order valence-corrected chi connectivity index (χ3v) is 1.96. The molecule has 0 rings (SSSR count). The summed E-state index contributed by atoms with van der Waals surface area (Å²) >= 11 is 0. The summed E-state index contributed by atoms with van der Waals surface area (Å²) in [6.45, 7) is 7.94. The van der Waals surface area contributed by atoms with Crippen molar-refractivity contribution in [1.29, 1.82) is 0 Å². The molecule has 0 aromatic heterocycles. The Hall–Kier alpha value is -0.830. The zero-order valence-electron chi connectivity index (χ0n) is 8.60. The average molecular weight is 184 g/mol. The minimum atomic E-state index is -0.107. The van der Waals surface area contributed by atoms with Crippen LogP contribution in [-0.2, 0) is 4.79 Å². The Morgan fingerprint density at radius 1 is 1.62 bits per heavy atom. The van der Waals surface area contributed by atoms with Crippen LogP contribution in [0, 0.1) is 0 Å². The normalized spacial score (nSPS) is 12.2. The molecular weight excluding hydrogens is 164 g/mol. The highest BCUT2D eigenvalue weighted by molar-refractivity contribution is 5.78. The second-order valence-corrected chi connectivity index (χ2v) is 3.31. The van der Waals surface area contributed by atoms with E-state index in [2.05, 4.69) is 18.8 Å². The maximum absolute atomic E-state index is 11.0. The molecule has 13 heavy (non-hydrogen) atoms. The maximum Gasteiger partial charge on any atom is 0.234 e. The zero-order valence-corrected chi connectivity index (χ0v) is 8.60. The van der Waals surface area contributed by atoms with Crippen molar-refractivity contribution in [1.82, 2.24) is 5.32 Å². The third-order valence-electron chi connectivity index (χ3n) is 1.96. The standard InChI is InChI=1S/C10H20N2O/c1-4-5-6-9(8(2)3)12-10(13)7-11/h9H,2,4-7,11H2,1,3H3,(H,12,13). The Morgan fingerprint density at radius 2 is 2.23 bits per heavy atom. The average Bonchev–Trinajstić information content (AvgIpc) is 2.11. The van der Waals surface area contributed by atoms with E-state index in [4.69, 9.17) is 5.73 Å². The Balaban J connectivity index is 3.94. The van der Waals surface area contributed by atoms with Crippen LogP contribution in [0.3, 0.4) is 0 Å². The summed E-state index contributed by atoms with van der Waals surface area (Å²) in [6.07, 6.45) is 3.18. The van der Waals surface area contributed by atoms with Crippen molar-refractivity contribution in [3.63, 3.8) is 0 Å². The molecule has 0 spiro atoms. The van der Waals surface area contributed by atoms with Crippen molar-refractivity contribution >= 4 is 5.91 Å². The van der Waals surface area contributed by atoms with E-state index in [0.717, 1.165) is 24.8 Å². The molecule has 0 aromatic rings. The summed E-state index contributed by atoms with van der Waals surface area (Å²) < 4.78 is 0. The lowest BCUT2D eigenvalue weighted by Gasteiger charge is -2.17. The molecule has 0 saturated carbocycles. The number of rotatable bonds is 6. The second kappa shape index (κ2) is 6.66. The Labute approximate surface area is 80.4 Å². The van der Waals surface area contributed by atoms with Crippen molar-refractivity contribution in [2.45, 2.75) is 39.2 Å². The summed E-state index contributed by atoms with van der Waals surface area (Å²) in [6, 6.07) is 0.0935. The lowest BCUT2D eigenvalue weighted by atomic mass is 10.0. The molecule has 3 N–H and O–H groups in total. The molecule has 0 heterocycles. The molecule has 0 aliphatic carbocycles. The Kier molecular flexibility index (Phi) is 6.24. The number of nitrogens with one attached hydrogen (secondary N) is 1. The molecular formula is C10H20N2O. The smallest absolute Gasteiger partial charge is 0.234 e. The van der Waals surface area contributed by atoms with Gasteiger partial charge in [0.2, 0.25) is 5.91 Å². The van der Waals surface area contributed by atoms with Crippen LogP contribution in [0.1, 0.15) is 33.1 Å². The minimum absolute atomic E-state index is 0.0515. The van der Waals surface area contributed by atoms with E-state index in [-0.39, 0.29) is 18.5 Å². The van der Waals surface area contributed by atoms with Gasteiger partial charge in [-0.1, -0.05) is 31.9 Å². The van der Waals surface area contributed by atoms with Crippen molar-refractivity contribution in [2.24, 2.45) is 5.73 Å². The number of hydrogen-bond acceptors (Lipinski definition) is 2. The molecule has 3 heteroatoms. The van der Waals surface area contributed by atoms with E-state index in [1.807, 2.05) is 6.92 Å². The molecule has 0 aromatic carbocycles. The molecule has 3 nitrogen and oxygen atoms in total. The van der Waals surface area contributed by atoms with Gasteiger partial charge < -0.3 is 11.1 Å². The number of nitrogens with two attached hydrogens (primary N) is 1. The fourth-order valence-corrected chi connectivity index (χ4v) is 1.10. The topological polar surface area (TPSA) is 55.1 Å².